The fourth-order valence-corrected chi connectivity index (χ4v) is 3.08. The Morgan fingerprint density at radius 2 is 1.50 bits per heavy atom. The summed E-state index contributed by atoms with van der Waals surface area (Å²) in [6.45, 7) is 5.47. The average Bonchev–Trinajstić information content (AvgIpc) is 2.67. The van der Waals surface area contributed by atoms with Crippen LogP contribution in [-0.4, -0.2) is 71.5 Å². The van der Waals surface area contributed by atoms with Crippen LogP contribution in [0.4, 0.5) is 0 Å². The van der Waals surface area contributed by atoms with E-state index in [9.17, 15) is 24.3 Å². The van der Waals surface area contributed by atoms with Crippen molar-refractivity contribution in [3.63, 3.8) is 0 Å². The minimum atomic E-state index is -1.13. The number of hydrogen-bond donors (Lipinski definition) is 6. The molecule has 0 bridgehead atoms. The van der Waals surface area contributed by atoms with Gasteiger partial charge < -0.3 is 32.5 Å². The maximum atomic E-state index is 12.8. The van der Waals surface area contributed by atoms with E-state index in [1.54, 1.807) is 13.8 Å². The van der Waals surface area contributed by atoms with E-state index in [-0.39, 0.29) is 12.3 Å². The lowest BCUT2D eigenvalue weighted by Crippen LogP contribution is -2.58. The third-order valence-corrected chi connectivity index (χ3v) is 5.11. The molecule has 4 atom stereocenters. The fourth-order valence-electron chi connectivity index (χ4n) is 2.61. The number of amides is 3. The largest absolute Gasteiger partial charge is 0.480 e. The molecular weight excluding hydrogens is 410 g/mol. The smallest absolute Gasteiger partial charge is 0.326 e. The van der Waals surface area contributed by atoms with Gasteiger partial charge in [0.15, 0.2) is 0 Å². The van der Waals surface area contributed by atoms with Crippen LogP contribution < -0.4 is 27.4 Å². The van der Waals surface area contributed by atoms with Gasteiger partial charge in [0.25, 0.3) is 0 Å². The number of unbranched alkanes of at least 4 members (excludes halogenated alkanes) is 1. The molecule has 0 radical (unpaired) electrons. The average molecular weight is 448 g/mol. The summed E-state index contributed by atoms with van der Waals surface area (Å²) >= 11 is 1.48. The van der Waals surface area contributed by atoms with Crippen molar-refractivity contribution in [2.45, 2.75) is 70.6 Å². The van der Waals surface area contributed by atoms with Gasteiger partial charge in [0.05, 0.1) is 6.04 Å². The number of nitrogens with one attached hydrogen (secondary N) is 3. The van der Waals surface area contributed by atoms with Crippen LogP contribution in [-0.2, 0) is 19.2 Å². The maximum absolute atomic E-state index is 12.8. The Kier molecular flexibility index (Phi) is 14.1. The summed E-state index contributed by atoms with van der Waals surface area (Å²) in [4.78, 5) is 48.9. The second-order valence-electron chi connectivity index (χ2n) is 7.55. The molecule has 0 heterocycles. The molecule has 0 spiro atoms. The fraction of sp³-hybridized carbons (Fsp3) is 0.789. The highest BCUT2D eigenvalue weighted by Gasteiger charge is 2.30. The van der Waals surface area contributed by atoms with Gasteiger partial charge in [-0.15, -0.1) is 0 Å². The molecule has 8 N–H and O–H groups in total. The molecule has 0 aromatic rings. The number of aliphatic carboxylic acids is 1. The molecule has 3 amide bonds. The molecule has 30 heavy (non-hydrogen) atoms. The lowest BCUT2D eigenvalue weighted by Gasteiger charge is -2.26. The van der Waals surface area contributed by atoms with Crippen molar-refractivity contribution in [2.75, 3.05) is 18.6 Å². The first kappa shape index (κ1) is 28.1. The Morgan fingerprint density at radius 3 is 1.97 bits per heavy atom. The number of thioether (sulfide) groups is 1. The quantitative estimate of drug-likeness (QED) is 0.180. The van der Waals surface area contributed by atoms with Crippen LogP contribution in [0.3, 0.4) is 0 Å². The molecule has 174 valence electrons. The van der Waals surface area contributed by atoms with Gasteiger partial charge in [-0.1, -0.05) is 13.8 Å². The molecule has 0 aliphatic carbocycles. The first-order chi connectivity index (χ1) is 14.0. The van der Waals surface area contributed by atoms with E-state index >= 15 is 0 Å². The summed E-state index contributed by atoms with van der Waals surface area (Å²) < 4.78 is 0. The molecule has 0 rings (SSSR count). The van der Waals surface area contributed by atoms with Gasteiger partial charge in [-0.3, -0.25) is 14.4 Å². The number of nitrogens with two attached hydrogens (primary N) is 2. The van der Waals surface area contributed by atoms with Gasteiger partial charge in [-0.05, 0) is 57.1 Å². The highest BCUT2D eigenvalue weighted by atomic mass is 32.2. The van der Waals surface area contributed by atoms with Gasteiger partial charge >= 0.3 is 5.97 Å². The Morgan fingerprint density at radius 1 is 0.900 bits per heavy atom. The highest BCUT2D eigenvalue weighted by Crippen LogP contribution is 2.08. The molecule has 0 aromatic carbocycles. The predicted molar refractivity (Wildman–Crippen MR) is 118 cm³/mol. The maximum Gasteiger partial charge on any atom is 0.326 e. The summed E-state index contributed by atoms with van der Waals surface area (Å²) in [6, 6.07) is -3.64. The summed E-state index contributed by atoms with van der Waals surface area (Å²) in [7, 11) is 0. The molecule has 0 aliphatic heterocycles. The monoisotopic (exact) mass is 447 g/mol. The minimum Gasteiger partial charge on any atom is -0.480 e. The normalized spacial score (nSPS) is 15.0. The van der Waals surface area contributed by atoms with E-state index in [0.29, 0.717) is 31.6 Å². The first-order valence-corrected chi connectivity index (χ1v) is 11.5. The SMILES string of the molecule is CSCCC(NC(=O)C(CCCCN)NC(=O)C(NC(=O)C(C)N)C(C)C)C(=O)O. The topological polar surface area (TPSA) is 177 Å². The van der Waals surface area contributed by atoms with Gasteiger partial charge in [0, 0.05) is 0 Å². The molecule has 0 fully saturated rings. The summed E-state index contributed by atoms with van der Waals surface area (Å²) in [5.41, 5.74) is 11.1. The van der Waals surface area contributed by atoms with Gasteiger partial charge in [-0.2, -0.15) is 11.8 Å². The lowest BCUT2D eigenvalue weighted by atomic mass is 10.0. The van der Waals surface area contributed by atoms with Crippen molar-refractivity contribution < 1.29 is 24.3 Å². The molecule has 0 saturated carbocycles. The Hall–Kier alpha value is -1.85. The minimum absolute atomic E-state index is 0.242. The first-order valence-electron chi connectivity index (χ1n) is 10.1. The number of rotatable bonds is 15. The van der Waals surface area contributed by atoms with E-state index in [1.807, 2.05) is 6.26 Å². The highest BCUT2D eigenvalue weighted by molar-refractivity contribution is 7.98. The van der Waals surface area contributed by atoms with Crippen molar-refractivity contribution in [1.29, 1.82) is 0 Å². The van der Waals surface area contributed by atoms with E-state index in [2.05, 4.69) is 16.0 Å². The lowest BCUT2D eigenvalue weighted by molar-refractivity contribution is -0.142. The van der Waals surface area contributed by atoms with Gasteiger partial charge in [0.1, 0.15) is 18.1 Å². The number of carboxylic acids is 1. The van der Waals surface area contributed by atoms with Crippen molar-refractivity contribution in [2.24, 2.45) is 17.4 Å². The summed E-state index contributed by atoms with van der Waals surface area (Å²) in [5, 5.41) is 17.1. The molecule has 0 saturated heterocycles. The number of carboxylic acid groups (broad SMARTS) is 1. The van der Waals surface area contributed by atoms with E-state index in [0.717, 1.165) is 0 Å². The zero-order valence-electron chi connectivity index (χ0n) is 18.3. The molecule has 4 unspecified atom stereocenters. The van der Waals surface area contributed by atoms with Crippen LogP contribution in [0.5, 0.6) is 0 Å². The van der Waals surface area contributed by atoms with Crippen LogP contribution in [0.2, 0.25) is 0 Å². The van der Waals surface area contributed by atoms with Crippen LogP contribution in [0.1, 0.15) is 46.5 Å². The third-order valence-electron chi connectivity index (χ3n) is 4.47. The van der Waals surface area contributed by atoms with Crippen molar-refractivity contribution >= 4 is 35.5 Å². The van der Waals surface area contributed by atoms with E-state index in [4.69, 9.17) is 11.5 Å². The number of carbonyl (C=O) groups excluding carboxylic acids is 3. The molecule has 0 aliphatic rings. The van der Waals surface area contributed by atoms with Crippen molar-refractivity contribution in [1.82, 2.24) is 16.0 Å². The summed E-state index contributed by atoms with van der Waals surface area (Å²) in [5.74, 6) is -2.38. The number of carbonyl (C=O) groups is 4. The van der Waals surface area contributed by atoms with Crippen LogP contribution in [0.25, 0.3) is 0 Å². The zero-order valence-corrected chi connectivity index (χ0v) is 19.1. The predicted octanol–water partition coefficient (Wildman–Crippen LogP) is -0.589. The standard InChI is InChI=1S/C19H37N5O5S/c1-11(2)15(24-16(25)12(3)21)18(27)22-13(7-5-6-9-20)17(26)23-14(19(28)29)8-10-30-4/h11-15H,5-10,20-21H2,1-4H3,(H,22,27)(H,23,26)(H,24,25)(H,28,29). The van der Waals surface area contributed by atoms with Crippen LogP contribution >= 0.6 is 11.8 Å². The Labute approximate surface area is 182 Å². The third kappa shape index (κ3) is 10.8. The van der Waals surface area contributed by atoms with Crippen LogP contribution in [0.15, 0.2) is 0 Å². The molecule has 10 nitrogen and oxygen atoms in total. The molecule has 11 heteroatoms. The Bertz CT molecular complexity index is 574. The van der Waals surface area contributed by atoms with Crippen LogP contribution in [0, 0.1) is 5.92 Å². The Balaban J connectivity index is 5.32. The van der Waals surface area contributed by atoms with Gasteiger partial charge in [0.2, 0.25) is 17.7 Å². The second-order valence-corrected chi connectivity index (χ2v) is 8.53. The van der Waals surface area contributed by atoms with E-state index in [1.165, 1.54) is 18.7 Å². The molecule has 0 aromatic heterocycles. The van der Waals surface area contributed by atoms with Crippen molar-refractivity contribution in [3.05, 3.63) is 0 Å². The summed E-state index contributed by atoms with van der Waals surface area (Å²) in [6.07, 6.45) is 3.65. The molecular formula is C19H37N5O5S. The van der Waals surface area contributed by atoms with E-state index < -0.39 is 47.9 Å². The second kappa shape index (κ2) is 15.0. The van der Waals surface area contributed by atoms with Crippen molar-refractivity contribution in [3.8, 4) is 0 Å². The van der Waals surface area contributed by atoms with Gasteiger partial charge in [-0.25, -0.2) is 4.79 Å². The zero-order chi connectivity index (χ0) is 23.3. The number of hydrogen-bond acceptors (Lipinski definition) is 7.